The lowest BCUT2D eigenvalue weighted by atomic mass is 9.88. The molecule has 1 aromatic carbocycles. The fourth-order valence-corrected chi connectivity index (χ4v) is 1.91. The zero-order valence-corrected chi connectivity index (χ0v) is 10.2. The van der Waals surface area contributed by atoms with Crippen LogP contribution in [0.25, 0.3) is 0 Å². The average molecular weight is 220 g/mol. The standard InChI is InChI=1S/C14H20O2/c1-11(8-9-15)13-7-5-4-6-12(13)10-14(2,3)16/h4-7,9,11,16H,8,10H2,1-3H3. The quantitative estimate of drug-likeness (QED) is 0.775. The maximum Gasteiger partial charge on any atom is 0.120 e. The summed E-state index contributed by atoms with van der Waals surface area (Å²) in [7, 11) is 0. The van der Waals surface area contributed by atoms with Crippen LogP contribution in [0.3, 0.4) is 0 Å². The molecule has 0 saturated heterocycles. The smallest absolute Gasteiger partial charge is 0.120 e. The second-order valence-corrected chi connectivity index (χ2v) is 4.99. The van der Waals surface area contributed by atoms with Crippen molar-refractivity contribution in [3.05, 3.63) is 35.4 Å². The third-order valence-corrected chi connectivity index (χ3v) is 2.66. The molecular weight excluding hydrogens is 200 g/mol. The number of carbonyl (C=O) groups is 1. The second-order valence-electron chi connectivity index (χ2n) is 4.99. The lowest BCUT2D eigenvalue weighted by molar-refractivity contribution is -0.108. The van der Waals surface area contributed by atoms with Gasteiger partial charge in [0.1, 0.15) is 6.29 Å². The lowest BCUT2D eigenvalue weighted by Gasteiger charge is -2.21. The van der Waals surface area contributed by atoms with Gasteiger partial charge < -0.3 is 9.90 Å². The molecule has 1 atom stereocenters. The van der Waals surface area contributed by atoms with E-state index in [9.17, 15) is 9.90 Å². The highest BCUT2D eigenvalue weighted by atomic mass is 16.3. The van der Waals surface area contributed by atoms with Gasteiger partial charge in [-0.05, 0) is 30.9 Å². The first-order valence-electron chi connectivity index (χ1n) is 5.68. The molecule has 1 rings (SSSR count). The van der Waals surface area contributed by atoms with E-state index in [1.165, 1.54) is 0 Å². The van der Waals surface area contributed by atoms with Crippen molar-refractivity contribution in [2.75, 3.05) is 0 Å². The van der Waals surface area contributed by atoms with Gasteiger partial charge in [0.25, 0.3) is 0 Å². The zero-order valence-electron chi connectivity index (χ0n) is 10.2. The van der Waals surface area contributed by atoms with Crippen molar-refractivity contribution < 1.29 is 9.90 Å². The maximum absolute atomic E-state index is 10.5. The van der Waals surface area contributed by atoms with E-state index >= 15 is 0 Å². The number of rotatable bonds is 5. The molecule has 0 bridgehead atoms. The van der Waals surface area contributed by atoms with Gasteiger partial charge in [-0.15, -0.1) is 0 Å². The number of benzene rings is 1. The molecule has 0 saturated carbocycles. The molecule has 1 N–H and O–H groups in total. The first-order chi connectivity index (χ1) is 7.44. The highest BCUT2D eigenvalue weighted by molar-refractivity contribution is 5.52. The number of hydrogen-bond donors (Lipinski definition) is 1. The van der Waals surface area contributed by atoms with Crippen molar-refractivity contribution in [2.45, 2.75) is 45.1 Å². The Kier molecular flexibility index (Phi) is 4.25. The van der Waals surface area contributed by atoms with E-state index in [4.69, 9.17) is 0 Å². The Bertz CT molecular complexity index is 350. The molecule has 0 aliphatic heterocycles. The summed E-state index contributed by atoms with van der Waals surface area (Å²) >= 11 is 0. The van der Waals surface area contributed by atoms with Crippen molar-refractivity contribution in [2.24, 2.45) is 0 Å². The number of hydrogen-bond acceptors (Lipinski definition) is 2. The van der Waals surface area contributed by atoms with E-state index in [1.54, 1.807) is 13.8 Å². The summed E-state index contributed by atoms with van der Waals surface area (Å²) < 4.78 is 0. The molecule has 16 heavy (non-hydrogen) atoms. The molecule has 0 aliphatic carbocycles. The van der Waals surface area contributed by atoms with Crippen LogP contribution >= 0.6 is 0 Å². The molecule has 0 heterocycles. The summed E-state index contributed by atoms with van der Waals surface area (Å²) in [5.74, 6) is 0.219. The average Bonchev–Trinajstić information content (AvgIpc) is 2.16. The van der Waals surface area contributed by atoms with Gasteiger partial charge in [-0.2, -0.15) is 0 Å². The van der Waals surface area contributed by atoms with Crippen LogP contribution in [0.2, 0.25) is 0 Å². The molecule has 1 unspecified atom stereocenters. The first kappa shape index (κ1) is 12.9. The maximum atomic E-state index is 10.5. The Labute approximate surface area is 97.3 Å². The largest absolute Gasteiger partial charge is 0.390 e. The zero-order chi connectivity index (χ0) is 12.2. The minimum atomic E-state index is -0.711. The van der Waals surface area contributed by atoms with E-state index in [2.05, 4.69) is 0 Å². The summed E-state index contributed by atoms with van der Waals surface area (Å²) in [4.78, 5) is 10.5. The van der Waals surface area contributed by atoms with Gasteiger partial charge in [0, 0.05) is 12.8 Å². The first-order valence-corrected chi connectivity index (χ1v) is 5.68. The van der Waals surface area contributed by atoms with Crippen molar-refractivity contribution in [3.8, 4) is 0 Å². The topological polar surface area (TPSA) is 37.3 Å². The summed E-state index contributed by atoms with van der Waals surface area (Å²) in [5, 5.41) is 9.84. The molecule has 0 spiro atoms. The van der Waals surface area contributed by atoms with Crippen LogP contribution in [-0.2, 0) is 11.2 Å². The fourth-order valence-electron chi connectivity index (χ4n) is 1.91. The number of aliphatic hydroxyl groups is 1. The summed E-state index contributed by atoms with van der Waals surface area (Å²) in [6, 6.07) is 8.01. The molecule has 1 aromatic rings. The predicted molar refractivity (Wildman–Crippen MR) is 65.5 cm³/mol. The molecule has 0 fully saturated rings. The Morgan fingerprint density at radius 3 is 2.56 bits per heavy atom. The van der Waals surface area contributed by atoms with E-state index in [-0.39, 0.29) is 5.92 Å². The van der Waals surface area contributed by atoms with Gasteiger partial charge >= 0.3 is 0 Å². The van der Waals surface area contributed by atoms with E-state index in [0.717, 1.165) is 17.4 Å². The van der Waals surface area contributed by atoms with Crippen LogP contribution in [-0.4, -0.2) is 17.0 Å². The van der Waals surface area contributed by atoms with Crippen LogP contribution < -0.4 is 0 Å². The summed E-state index contributed by atoms with van der Waals surface area (Å²) in [6.07, 6.45) is 2.10. The lowest BCUT2D eigenvalue weighted by Crippen LogP contribution is -2.23. The van der Waals surface area contributed by atoms with E-state index in [0.29, 0.717) is 12.8 Å². The Balaban J connectivity index is 2.95. The number of aldehydes is 1. The van der Waals surface area contributed by atoms with E-state index < -0.39 is 5.60 Å². The molecule has 0 radical (unpaired) electrons. The molecule has 0 aromatic heterocycles. The normalized spacial score (nSPS) is 13.5. The van der Waals surface area contributed by atoms with Crippen LogP contribution in [0.5, 0.6) is 0 Å². The molecular formula is C14H20O2. The van der Waals surface area contributed by atoms with Gasteiger partial charge in [-0.1, -0.05) is 31.2 Å². The third-order valence-electron chi connectivity index (χ3n) is 2.66. The van der Waals surface area contributed by atoms with Crippen LogP contribution in [0.4, 0.5) is 0 Å². The summed E-state index contributed by atoms with van der Waals surface area (Å²) in [5.41, 5.74) is 1.58. The van der Waals surface area contributed by atoms with E-state index in [1.807, 2.05) is 31.2 Å². The van der Waals surface area contributed by atoms with Gasteiger partial charge in [0.05, 0.1) is 5.60 Å². The third kappa shape index (κ3) is 3.78. The van der Waals surface area contributed by atoms with Crippen molar-refractivity contribution in [3.63, 3.8) is 0 Å². The predicted octanol–water partition coefficient (Wildman–Crippen LogP) is 2.69. The Morgan fingerprint density at radius 1 is 1.38 bits per heavy atom. The minimum absolute atomic E-state index is 0.219. The second kappa shape index (κ2) is 5.26. The van der Waals surface area contributed by atoms with Crippen LogP contribution in [0, 0.1) is 0 Å². The molecule has 0 amide bonds. The van der Waals surface area contributed by atoms with Gasteiger partial charge in [-0.25, -0.2) is 0 Å². The molecule has 88 valence electrons. The molecule has 0 aliphatic rings. The monoisotopic (exact) mass is 220 g/mol. The van der Waals surface area contributed by atoms with Crippen LogP contribution in [0.1, 0.15) is 44.2 Å². The van der Waals surface area contributed by atoms with Crippen molar-refractivity contribution in [1.29, 1.82) is 0 Å². The SMILES string of the molecule is CC(CC=O)c1ccccc1CC(C)(C)O. The van der Waals surface area contributed by atoms with Gasteiger partial charge in [0.2, 0.25) is 0 Å². The number of carbonyl (C=O) groups excluding carboxylic acids is 1. The summed E-state index contributed by atoms with van der Waals surface area (Å²) in [6.45, 7) is 5.64. The minimum Gasteiger partial charge on any atom is -0.390 e. The van der Waals surface area contributed by atoms with Crippen LogP contribution in [0.15, 0.2) is 24.3 Å². The Morgan fingerprint density at radius 2 is 2.00 bits per heavy atom. The fraction of sp³-hybridized carbons (Fsp3) is 0.500. The van der Waals surface area contributed by atoms with Crippen molar-refractivity contribution >= 4 is 6.29 Å². The molecule has 2 nitrogen and oxygen atoms in total. The van der Waals surface area contributed by atoms with Crippen molar-refractivity contribution in [1.82, 2.24) is 0 Å². The van der Waals surface area contributed by atoms with Gasteiger partial charge in [-0.3, -0.25) is 0 Å². The highest BCUT2D eigenvalue weighted by Gasteiger charge is 2.17. The molecule has 2 heteroatoms. The highest BCUT2D eigenvalue weighted by Crippen LogP contribution is 2.25. The Hall–Kier alpha value is -1.15. The van der Waals surface area contributed by atoms with Gasteiger partial charge in [0.15, 0.2) is 0 Å².